The van der Waals surface area contributed by atoms with Gasteiger partial charge in [-0.3, -0.25) is 4.79 Å². The van der Waals surface area contributed by atoms with Gasteiger partial charge in [-0.05, 0) is 31.4 Å². The lowest BCUT2D eigenvalue weighted by Gasteiger charge is -2.23. The van der Waals surface area contributed by atoms with Crippen molar-refractivity contribution in [3.05, 3.63) is 16.0 Å². The monoisotopic (exact) mass is 261 g/mol. The van der Waals surface area contributed by atoms with Crippen molar-refractivity contribution in [1.29, 1.82) is 5.26 Å². The van der Waals surface area contributed by atoms with Crippen LogP contribution < -0.4 is 10.6 Å². The number of carbonyl (C=O) groups excluding carboxylic acids is 1. The number of fused-ring (bicyclic) bond motifs is 1. The maximum Gasteiger partial charge on any atom is 0.228 e. The zero-order valence-electron chi connectivity index (χ0n) is 10.1. The molecule has 1 aromatic rings. The van der Waals surface area contributed by atoms with Gasteiger partial charge in [0.15, 0.2) is 0 Å². The van der Waals surface area contributed by atoms with Crippen molar-refractivity contribution < 1.29 is 4.79 Å². The first-order valence-electron chi connectivity index (χ1n) is 6.36. The number of hydrogen-bond acceptors (Lipinski definition) is 4. The average molecular weight is 261 g/mol. The number of carbonyl (C=O) groups is 1. The van der Waals surface area contributed by atoms with Crippen LogP contribution >= 0.6 is 11.3 Å². The van der Waals surface area contributed by atoms with E-state index < -0.39 is 0 Å². The Balaban J connectivity index is 1.85. The third-order valence-electron chi connectivity index (χ3n) is 3.75. The predicted molar refractivity (Wildman–Crippen MR) is 70.4 cm³/mol. The first kappa shape index (κ1) is 11.7. The van der Waals surface area contributed by atoms with E-state index in [2.05, 4.69) is 16.7 Å². The van der Waals surface area contributed by atoms with Crippen molar-refractivity contribution in [3.8, 4) is 6.07 Å². The zero-order valence-corrected chi connectivity index (χ0v) is 10.9. The lowest BCUT2D eigenvalue weighted by molar-refractivity contribution is -0.122. The zero-order chi connectivity index (χ0) is 12.5. The minimum absolute atomic E-state index is 0.0873. The summed E-state index contributed by atoms with van der Waals surface area (Å²) in [6.45, 7) is 1.72. The molecule has 4 nitrogen and oxygen atoms in total. The molecule has 1 fully saturated rings. The molecule has 1 amide bonds. The van der Waals surface area contributed by atoms with E-state index >= 15 is 0 Å². The highest BCUT2D eigenvalue weighted by Crippen LogP contribution is 2.36. The van der Waals surface area contributed by atoms with E-state index in [0.717, 1.165) is 49.3 Å². The van der Waals surface area contributed by atoms with Gasteiger partial charge in [0.05, 0.1) is 5.56 Å². The van der Waals surface area contributed by atoms with Crippen LogP contribution in [-0.4, -0.2) is 12.5 Å². The lowest BCUT2D eigenvalue weighted by atomic mass is 9.85. The van der Waals surface area contributed by atoms with Gasteiger partial charge in [-0.15, -0.1) is 11.3 Å². The number of nitrogens with zero attached hydrogens (tertiary/aromatic N) is 1. The molecule has 0 radical (unpaired) electrons. The van der Waals surface area contributed by atoms with Crippen molar-refractivity contribution in [2.45, 2.75) is 32.2 Å². The lowest BCUT2D eigenvalue weighted by Crippen LogP contribution is -2.28. The Hall–Kier alpha value is -1.38. The van der Waals surface area contributed by atoms with Crippen LogP contribution in [0, 0.1) is 17.2 Å². The van der Waals surface area contributed by atoms with Crippen molar-refractivity contribution in [3.63, 3.8) is 0 Å². The molecule has 0 aromatic carbocycles. The smallest absolute Gasteiger partial charge is 0.228 e. The fourth-order valence-corrected chi connectivity index (χ4v) is 3.60. The van der Waals surface area contributed by atoms with Gasteiger partial charge >= 0.3 is 0 Å². The maximum absolute atomic E-state index is 11.9. The molecule has 0 atom stereocenters. The summed E-state index contributed by atoms with van der Waals surface area (Å²) in [6, 6.07) is 2.25. The second-order valence-electron chi connectivity index (χ2n) is 4.86. The summed E-state index contributed by atoms with van der Waals surface area (Å²) in [7, 11) is 0. The quantitative estimate of drug-likeness (QED) is 0.856. The molecular formula is C13H15N3OS. The molecule has 0 bridgehead atoms. The van der Waals surface area contributed by atoms with E-state index in [1.165, 1.54) is 4.88 Å². The number of anilines is 1. The first-order valence-corrected chi connectivity index (χ1v) is 7.17. The highest BCUT2D eigenvalue weighted by Gasteiger charge is 2.27. The van der Waals surface area contributed by atoms with Gasteiger partial charge in [-0.2, -0.15) is 5.26 Å². The van der Waals surface area contributed by atoms with Gasteiger partial charge in [0.25, 0.3) is 0 Å². The molecule has 0 spiro atoms. The molecule has 1 aliphatic heterocycles. The first-order chi connectivity index (χ1) is 8.79. The Labute approximate surface area is 110 Å². The molecule has 1 aromatic heterocycles. The van der Waals surface area contributed by atoms with Crippen LogP contribution in [0.15, 0.2) is 0 Å². The highest BCUT2D eigenvalue weighted by molar-refractivity contribution is 7.16. The number of nitrogens with one attached hydrogen (secondary N) is 2. The number of hydrogen-bond donors (Lipinski definition) is 2. The molecule has 1 aliphatic carbocycles. The largest absolute Gasteiger partial charge is 0.316 e. The van der Waals surface area contributed by atoms with Crippen LogP contribution in [0.3, 0.4) is 0 Å². The van der Waals surface area contributed by atoms with Crippen LogP contribution in [0.5, 0.6) is 0 Å². The summed E-state index contributed by atoms with van der Waals surface area (Å²) in [4.78, 5) is 13.1. The van der Waals surface area contributed by atoms with Crippen LogP contribution in [0.2, 0.25) is 0 Å². The third kappa shape index (κ3) is 1.92. The normalized spacial score (nSPS) is 18.6. The van der Waals surface area contributed by atoms with Crippen LogP contribution in [0.1, 0.15) is 35.3 Å². The molecular weight excluding hydrogens is 246 g/mol. The van der Waals surface area contributed by atoms with Gasteiger partial charge in [0.1, 0.15) is 11.1 Å². The Morgan fingerprint density at radius 3 is 3.00 bits per heavy atom. The molecule has 2 N–H and O–H groups in total. The van der Waals surface area contributed by atoms with E-state index in [4.69, 9.17) is 0 Å². The fourth-order valence-electron chi connectivity index (χ4n) is 2.43. The summed E-state index contributed by atoms with van der Waals surface area (Å²) >= 11 is 1.55. The number of thiophene rings is 1. The van der Waals surface area contributed by atoms with Crippen LogP contribution in [0.25, 0.3) is 0 Å². The van der Waals surface area contributed by atoms with E-state index in [0.29, 0.717) is 5.56 Å². The Kier molecular flexibility index (Phi) is 3.06. The molecule has 0 saturated heterocycles. The number of amides is 1. The highest BCUT2D eigenvalue weighted by atomic mass is 32.1. The summed E-state index contributed by atoms with van der Waals surface area (Å²) < 4.78 is 0. The van der Waals surface area contributed by atoms with Crippen molar-refractivity contribution in [1.82, 2.24) is 5.32 Å². The Morgan fingerprint density at radius 2 is 2.33 bits per heavy atom. The summed E-state index contributed by atoms with van der Waals surface area (Å²) in [5.74, 6) is 0.248. The summed E-state index contributed by atoms with van der Waals surface area (Å²) in [5.41, 5.74) is 1.81. The van der Waals surface area contributed by atoms with Crippen LogP contribution in [0.4, 0.5) is 5.00 Å². The average Bonchev–Trinajstić information content (AvgIpc) is 2.63. The van der Waals surface area contributed by atoms with E-state index in [1.54, 1.807) is 11.3 Å². The second-order valence-corrected chi connectivity index (χ2v) is 5.97. The molecule has 94 valence electrons. The van der Waals surface area contributed by atoms with Gasteiger partial charge < -0.3 is 10.6 Å². The fraction of sp³-hybridized carbons (Fsp3) is 0.538. The Morgan fingerprint density at radius 1 is 1.50 bits per heavy atom. The Bertz CT molecular complexity index is 525. The molecule has 2 aliphatic rings. The van der Waals surface area contributed by atoms with E-state index in [1.807, 2.05) is 0 Å². The number of nitriles is 1. The standard InChI is InChI=1S/C13H15N3OS/c14-6-10-9-4-5-15-7-11(9)18-13(10)16-12(17)8-2-1-3-8/h8,15H,1-5,7H2,(H,16,17). The molecule has 3 rings (SSSR count). The van der Waals surface area contributed by atoms with Gasteiger partial charge in [0, 0.05) is 17.3 Å². The third-order valence-corrected chi connectivity index (χ3v) is 4.90. The van der Waals surface area contributed by atoms with Crippen molar-refractivity contribution >= 4 is 22.2 Å². The molecule has 1 saturated carbocycles. The summed E-state index contributed by atoms with van der Waals surface area (Å²) in [6.07, 6.45) is 4.00. The van der Waals surface area contributed by atoms with Gasteiger partial charge in [0.2, 0.25) is 5.91 Å². The minimum Gasteiger partial charge on any atom is -0.316 e. The maximum atomic E-state index is 11.9. The van der Waals surface area contributed by atoms with Crippen molar-refractivity contribution in [2.24, 2.45) is 5.92 Å². The molecule has 18 heavy (non-hydrogen) atoms. The van der Waals surface area contributed by atoms with Gasteiger partial charge in [-0.1, -0.05) is 6.42 Å². The minimum atomic E-state index is 0.0873. The molecule has 0 unspecified atom stereocenters. The van der Waals surface area contributed by atoms with Gasteiger partial charge in [-0.25, -0.2) is 0 Å². The topological polar surface area (TPSA) is 64.9 Å². The predicted octanol–water partition coefficient (Wildman–Crippen LogP) is 2.00. The van der Waals surface area contributed by atoms with Crippen LogP contribution in [-0.2, 0) is 17.8 Å². The number of rotatable bonds is 2. The second kappa shape index (κ2) is 4.71. The SMILES string of the molecule is N#Cc1c(NC(=O)C2CCC2)sc2c1CCNC2. The van der Waals surface area contributed by atoms with E-state index in [-0.39, 0.29) is 11.8 Å². The summed E-state index contributed by atoms with van der Waals surface area (Å²) in [5, 5.41) is 16.3. The molecule has 5 heteroatoms. The van der Waals surface area contributed by atoms with E-state index in [9.17, 15) is 10.1 Å². The molecule has 2 heterocycles. The van der Waals surface area contributed by atoms with Crippen molar-refractivity contribution in [2.75, 3.05) is 11.9 Å².